The van der Waals surface area contributed by atoms with Gasteiger partial charge < -0.3 is 45.7 Å². The number of aromatic hydroxyl groups is 1. The fourth-order valence-electron chi connectivity index (χ4n) is 6.56. The summed E-state index contributed by atoms with van der Waals surface area (Å²) >= 11 is 0. The first-order valence-electron chi connectivity index (χ1n) is 17.2. The van der Waals surface area contributed by atoms with Crippen molar-refractivity contribution in [1.82, 2.24) is 20.5 Å². The van der Waals surface area contributed by atoms with Crippen molar-refractivity contribution in [3.8, 4) is 11.5 Å². The van der Waals surface area contributed by atoms with E-state index in [-0.39, 0.29) is 58.8 Å². The third-order valence-corrected chi connectivity index (χ3v) is 9.33. The number of fused-ring (bicyclic) bond motifs is 1. The summed E-state index contributed by atoms with van der Waals surface area (Å²) in [5.41, 5.74) is -0.165. The summed E-state index contributed by atoms with van der Waals surface area (Å²) < 4.78 is 5.67. The van der Waals surface area contributed by atoms with Crippen LogP contribution in [0, 0.1) is 0 Å². The molecule has 1 fully saturated rings. The number of pyridine rings is 1. The topological polar surface area (TPSA) is 202 Å². The number of carboxylic acid groups (broad SMARTS) is 1. The zero-order valence-electron chi connectivity index (χ0n) is 28.7. The SMILES string of the molecule is O=C(COc1cccc([C@](O)(C(=O)O)c2ccccc2)c1)N[C@H]1CCCN(C(=O)c2ccc(CNC[C@H](O)c3ccc(O)c4[nH]c(=O)ccc34)cc2)C1. The number of phenols is 1. The first-order valence-corrected chi connectivity index (χ1v) is 17.2. The molecule has 2 amide bonds. The minimum atomic E-state index is -2.31. The standard InChI is InChI=1S/C40H40N4O9/c45-33-17-15-31(32-16-18-35(47)43-37(32)33)34(46)22-41-21-25-11-13-26(14-12-25)38(49)44-19-5-9-29(23-44)42-36(48)24-53-30-10-4-8-28(20-30)40(52,39(50)51)27-6-2-1-3-7-27/h1-4,6-8,10-18,20,29,34,41,45-46,52H,5,9,19,21-24H2,(H,42,48)(H,43,47)(H,50,51)/t29-,34-,40-/m0/s1. The van der Waals surface area contributed by atoms with Crippen LogP contribution < -0.4 is 20.9 Å². The molecule has 53 heavy (non-hydrogen) atoms. The number of aliphatic hydroxyl groups is 2. The predicted octanol–water partition coefficient (Wildman–Crippen LogP) is 3.18. The van der Waals surface area contributed by atoms with Crippen molar-refractivity contribution < 1.29 is 39.5 Å². The summed E-state index contributed by atoms with van der Waals surface area (Å²) in [6.45, 7) is 1.16. The van der Waals surface area contributed by atoms with Gasteiger partial charge in [-0.3, -0.25) is 14.4 Å². The number of carbonyl (C=O) groups excluding carboxylic acids is 2. The summed E-state index contributed by atoms with van der Waals surface area (Å²) in [6.07, 6.45) is 0.478. The van der Waals surface area contributed by atoms with Gasteiger partial charge in [-0.25, -0.2) is 4.79 Å². The van der Waals surface area contributed by atoms with Crippen LogP contribution >= 0.6 is 0 Å². The maximum absolute atomic E-state index is 13.4. The van der Waals surface area contributed by atoms with Crippen molar-refractivity contribution in [3.63, 3.8) is 0 Å². The van der Waals surface area contributed by atoms with Crippen LogP contribution in [0.25, 0.3) is 10.9 Å². The Balaban J connectivity index is 0.982. The van der Waals surface area contributed by atoms with E-state index in [4.69, 9.17) is 4.74 Å². The molecule has 13 heteroatoms. The summed E-state index contributed by atoms with van der Waals surface area (Å²) in [5.74, 6) is -1.87. The van der Waals surface area contributed by atoms with E-state index in [9.17, 15) is 39.6 Å². The van der Waals surface area contributed by atoms with E-state index in [0.717, 1.165) is 5.56 Å². The number of H-pyrrole nitrogens is 1. The molecule has 0 radical (unpaired) electrons. The molecule has 2 heterocycles. The number of nitrogens with zero attached hydrogens (tertiary/aromatic N) is 1. The van der Waals surface area contributed by atoms with Crippen LogP contribution in [0.5, 0.6) is 11.5 Å². The van der Waals surface area contributed by atoms with Crippen LogP contribution in [0.2, 0.25) is 0 Å². The Labute approximate surface area is 304 Å². The smallest absolute Gasteiger partial charge is 0.345 e. The summed E-state index contributed by atoms with van der Waals surface area (Å²) in [5, 5.41) is 48.6. The number of aliphatic hydroxyl groups excluding tert-OH is 1. The van der Waals surface area contributed by atoms with Gasteiger partial charge in [0.25, 0.3) is 11.8 Å². The van der Waals surface area contributed by atoms with Gasteiger partial charge in [0.15, 0.2) is 6.61 Å². The van der Waals surface area contributed by atoms with Gasteiger partial charge in [0.05, 0.1) is 11.6 Å². The average Bonchev–Trinajstić information content (AvgIpc) is 3.17. The monoisotopic (exact) mass is 720 g/mol. The Morgan fingerprint density at radius 2 is 1.70 bits per heavy atom. The Kier molecular flexibility index (Phi) is 11.2. The van der Waals surface area contributed by atoms with Crippen LogP contribution in [0.4, 0.5) is 0 Å². The van der Waals surface area contributed by atoms with E-state index in [1.54, 1.807) is 59.5 Å². The number of carbonyl (C=O) groups is 3. The largest absolute Gasteiger partial charge is 0.506 e. The lowest BCUT2D eigenvalue weighted by Gasteiger charge is -2.33. The van der Waals surface area contributed by atoms with Gasteiger partial charge in [-0.2, -0.15) is 0 Å². The Hall–Kier alpha value is -6.02. The van der Waals surface area contributed by atoms with Crippen LogP contribution in [-0.2, 0) is 21.7 Å². The molecule has 0 aliphatic carbocycles. The van der Waals surface area contributed by atoms with E-state index in [0.29, 0.717) is 49.0 Å². The number of aliphatic carboxylic acids is 1. The van der Waals surface area contributed by atoms with Crippen LogP contribution in [-0.4, -0.2) is 80.4 Å². The quantitative estimate of drug-likeness (QED) is 0.0948. The van der Waals surface area contributed by atoms with Crippen molar-refractivity contribution in [2.75, 3.05) is 26.2 Å². The third kappa shape index (κ3) is 8.39. The number of piperidine rings is 1. The number of carboxylic acids is 1. The second-order valence-electron chi connectivity index (χ2n) is 13.0. The van der Waals surface area contributed by atoms with Gasteiger partial charge >= 0.3 is 5.97 Å². The Morgan fingerprint density at radius 3 is 2.45 bits per heavy atom. The minimum Gasteiger partial charge on any atom is -0.506 e. The molecule has 0 bridgehead atoms. The first kappa shape index (κ1) is 36.8. The second-order valence-corrected chi connectivity index (χ2v) is 13.0. The molecule has 13 nitrogen and oxygen atoms in total. The number of rotatable bonds is 13. The maximum Gasteiger partial charge on any atom is 0.345 e. The van der Waals surface area contributed by atoms with Crippen LogP contribution in [0.15, 0.2) is 108 Å². The summed E-state index contributed by atoms with van der Waals surface area (Å²) in [4.78, 5) is 54.3. The van der Waals surface area contributed by atoms with E-state index >= 15 is 0 Å². The molecule has 1 aliphatic rings. The molecule has 7 N–H and O–H groups in total. The van der Waals surface area contributed by atoms with E-state index < -0.39 is 23.6 Å². The number of aromatic nitrogens is 1. The number of hydrogen-bond acceptors (Lipinski definition) is 9. The van der Waals surface area contributed by atoms with Gasteiger partial charge in [0.2, 0.25) is 11.2 Å². The fourth-order valence-corrected chi connectivity index (χ4v) is 6.56. The van der Waals surface area contributed by atoms with E-state index in [2.05, 4.69) is 15.6 Å². The number of nitrogens with one attached hydrogen (secondary N) is 3. The third-order valence-electron chi connectivity index (χ3n) is 9.33. The fraction of sp³-hybridized carbons (Fsp3) is 0.250. The van der Waals surface area contributed by atoms with Crippen molar-refractivity contribution in [3.05, 3.63) is 141 Å². The predicted molar refractivity (Wildman–Crippen MR) is 195 cm³/mol. The van der Waals surface area contributed by atoms with Crippen LogP contribution in [0.1, 0.15) is 51.6 Å². The molecule has 1 saturated heterocycles. The molecular formula is C40H40N4O9. The maximum atomic E-state index is 13.4. The van der Waals surface area contributed by atoms with Crippen molar-refractivity contribution >= 4 is 28.7 Å². The van der Waals surface area contributed by atoms with Crippen molar-refractivity contribution in [2.24, 2.45) is 0 Å². The molecule has 3 atom stereocenters. The first-order chi connectivity index (χ1) is 25.5. The molecular weight excluding hydrogens is 680 g/mol. The highest BCUT2D eigenvalue weighted by atomic mass is 16.5. The molecule has 1 aromatic heterocycles. The number of ether oxygens (including phenoxy) is 1. The molecule has 6 rings (SSSR count). The van der Waals surface area contributed by atoms with Crippen molar-refractivity contribution in [2.45, 2.75) is 37.1 Å². The molecule has 1 aliphatic heterocycles. The van der Waals surface area contributed by atoms with Gasteiger partial charge in [-0.15, -0.1) is 0 Å². The number of phenolic OH excluding ortho intramolecular Hbond substituents is 1. The lowest BCUT2D eigenvalue weighted by atomic mass is 9.86. The molecule has 5 aromatic rings. The van der Waals surface area contributed by atoms with Gasteiger partial charge in [0.1, 0.15) is 11.5 Å². The van der Waals surface area contributed by atoms with Gasteiger partial charge in [-0.05, 0) is 65.9 Å². The molecule has 0 unspecified atom stereocenters. The zero-order valence-corrected chi connectivity index (χ0v) is 28.7. The van der Waals surface area contributed by atoms with Crippen molar-refractivity contribution in [1.29, 1.82) is 0 Å². The van der Waals surface area contributed by atoms with E-state index in [1.807, 2.05) is 12.1 Å². The lowest BCUT2D eigenvalue weighted by molar-refractivity contribution is -0.155. The number of benzene rings is 4. The summed E-state index contributed by atoms with van der Waals surface area (Å²) in [6, 6.07) is 26.8. The minimum absolute atomic E-state index is 0.0782. The highest BCUT2D eigenvalue weighted by Gasteiger charge is 2.40. The average molecular weight is 721 g/mol. The normalized spacial score (nSPS) is 16.0. The van der Waals surface area contributed by atoms with Gasteiger partial charge in [0, 0.05) is 54.8 Å². The van der Waals surface area contributed by atoms with Gasteiger partial charge in [-0.1, -0.05) is 60.7 Å². The molecule has 0 spiro atoms. The Bertz CT molecular complexity index is 2160. The number of amides is 2. The molecule has 4 aromatic carbocycles. The highest BCUT2D eigenvalue weighted by Crippen LogP contribution is 2.32. The number of hydrogen-bond donors (Lipinski definition) is 7. The number of likely N-dealkylation sites (tertiary alicyclic amines) is 1. The molecule has 0 saturated carbocycles. The van der Waals surface area contributed by atoms with Crippen LogP contribution in [0.3, 0.4) is 0 Å². The lowest BCUT2D eigenvalue weighted by Crippen LogP contribution is -2.50. The molecule has 274 valence electrons. The summed E-state index contributed by atoms with van der Waals surface area (Å²) in [7, 11) is 0. The highest BCUT2D eigenvalue weighted by molar-refractivity contribution is 5.94. The Morgan fingerprint density at radius 1 is 0.943 bits per heavy atom. The zero-order chi connectivity index (χ0) is 37.5. The van der Waals surface area contributed by atoms with E-state index in [1.165, 1.54) is 36.4 Å². The second kappa shape index (κ2) is 16.1. The number of aromatic amines is 1.